The monoisotopic (exact) mass is 359 g/mol. The van der Waals surface area contributed by atoms with Gasteiger partial charge in [-0.2, -0.15) is 0 Å². The number of likely N-dealkylation sites (tertiary alicyclic amines) is 1. The van der Waals surface area contributed by atoms with Gasteiger partial charge in [-0.15, -0.1) is 0 Å². The van der Waals surface area contributed by atoms with Crippen LogP contribution in [0.25, 0.3) is 0 Å². The van der Waals surface area contributed by atoms with Crippen LogP contribution in [0.15, 0.2) is 0 Å². The summed E-state index contributed by atoms with van der Waals surface area (Å²) in [5.41, 5.74) is 4.91. The largest absolute Gasteiger partial charge is 0.481 e. The number of carbonyl (C=O) groups is 2. The second-order valence-corrected chi connectivity index (χ2v) is 8.00. The molecule has 150 valence electrons. The Morgan fingerprint density at radius 2 is 1.32 bits per heavy atom. The van der Waals surface area contributed by atoms with Crippen molar-refractivity contribution in [2.45, 2.75) is 67.2 Å². The SMILES string of the molecule is CCC(C)C(=O)O.CCC(C)C(N)=O.CCC1C[N+](C)(C)CC1CC. The number of primary amides is 1. The summed E-state index contributed by atoms with van der Waals surface area (Å²) in [4.78, 5) is 20.1. The van der Waals surface area contributed by atoms with Crippen molar-refractivity contribution in [1.29, 1.82) is 0 Å². The summed E-state index contributed by atoms with van der Waals surface area (Å²) in [7, 11) is 4.72. The first-order chi connectivity index (χ1) is 11.4. The van der Waals surface area contributed by atoms with Crippen molar-refractivity contribution in [3.63, 3.8) is 0 Å². The highest BCUT2D eigenvalue weighted by atomic mass is 16.4. The molecule has 0 aromatic carbocycles. The highest BCUT2D eigenvalue weighted by Crippen LogP contribution is 2.30. The number of quaternary nitrogens is 1. The molecule has 1 rings (SSSR count). The Kier molecular flexibility index (Phi) is 13.7. The third kappa shape index (κ3) is 12.0. The number of aliphatic carboxylic acids is 1. The van der Waals surface area contributed by atoms with E-state index in [2.05, 4.69) is 27.9 Å². The highest BCUT2D eigenvalue weighted by molar-refractivity contribution is 5.76. The molecule has 1 fully saturated rings. The maximum absolute atomic E-state index is 10.2. The van der Waals surface area contributed by atoms with E-state index in [9.17, 15) is 9.59 Å². The molecular weight excluding hydrogens is 316 g/mol. The molecule has 1 amide bonds. The maximum Gasteiger partial charge on any atom is 0.306 e. The van der Waals surface area contributed by atoms with Gasteiger partial charge in [0, 0.05) is 17.8 Å². The summed E-state index contributed by atoms with van der Waals surface area (Å²) < 4.78 is 1.25. The number of nitrogens with zero attached hydrogens (tertiary/aromatic N) is 1. The lowest BCUT2D eigenvalue weighted by Crippen LogP contribution is -2.36. The van der Waals surface area contributed by atoms with E-state index in [1.165, 1.54) is 30.4 Å². The summed E-state index contributed by atoms with van der Waals surface area (Å²) in [5.74, 6) is 0.940. The first-order valence-corrected chi connectivity index (χ1v) is 9.79. The van der Waals surface area contributed by atoms with Crippen LogP contribution in [0.3, 0.4) is 0 Å². The zero-order valence-corrected chi connectivity index (χ0v) is 17.8. The molecule has 0 aromatic heterocycles. The predicted octanol–water partition coefficient (Wildman–Crippen LogP) is 3.76. The Morgan fingerprint density at radius 1 is 0.960 bits per heavy atom. The van der Waals surface area contributed by atoms with E-state index in [0.717, 1.165) is 24.7 Å². The second-order valence-electron chi connectivity index (χ2n) is 8.00. The molecule has 5 heteroatoms. The number of nitrogens with two attached hydrogens (primary N) is 1. The molecule has 0 saturated carbocycles. The van der Waals surface area contributed by atoms with Crippen LogP contribution >= 0.6 is 0 Å². The normalized spacial score (nSPS) is 23.4. The van der Waals surface area contributed by atoms with Gasteiger partial charge in [-0.1, -0.05) is 41.5 Å². The van der Waals surface area contributed by atoms with E-state index in [1.807, 2.05) is 20.8 Å². The molecule has 0 aliphatic carbocycles. The fourth-order valence-electron chi connectivity index (χ4n) is 2.94. The Bertz CT molecular complexity index is 349. The summed E-state index contributed by atoms with van der Waals surface area (Å²) in [6.07, 6.45) is 4.31. The number of hydrogen-bond acceptors (Lipinski definition) is 2. The van der Waals surface area contributed by atoms with E-state index in [4.69, 9.17) is 10.8 Å². The first kappa shape index (κ1) is 26.1. The molecule has 5 nitrogen and oxygen atoms in total. The lowest BCUT2D eigenvalue weighted by Gasteiger charge is -2.23. The maximum atomic E-state index is 10.2. The molecule has 0 aromatic rings. The van der Waals surface area contributed by atoms with Crippen molar-refractivity contribution in [2.24, 2.45) is 29.4 Å². The van der Waals surface area contributed by atoms with Gasteiger partial charge in [0.25, 0.3) is 0 Å². The van der Waals surface area contributed by atoms with Crippen LogP contribution in [0.4, 0.5) is 0 Å². The smallest absolute Gasteiger partial charge is 0.306 e. The second kappa shape index (κ2) is 13.2. The van der Waals surface area contributed by atoms with Gasteiger partial charge in [0.1, 0.15) is 0 Å². The van der Waals surface area contributed by atoms with Crippen LogP contribution in [0.5, 0.6) is 0 Å². The lowest BCUT2D eigenvalue weighted by atomic mass is 9.92. The number of hydrogen-bond donors (Lipinski definition) is 2. The molecule has 3 N–H and O–H groups in total. The lowest BCUT2D eigenvalue weighted by molar-refractivity contribution is -0.880. The minimum atomic E-state index is -0.706. The van der Waals surface area contributed by atoms with Crippen molar-refractivity contribution in [1.82, 2.24) is 0 Å². The topological polar surface area (TPSA) is 80.4 Å². The molecule has 1 aliphatic heterocycles. The van der Waals surface area contributed by atoms with Gasteiger partial charge >= 0.3 is 5.97 Å². The average Bonchev–Trinajstić information content (AvgIpc) is 2.88. The van der Waals surface area contributed by atoms with Gasteiger partial charge in [-0.25, -0.2) is 0 Å². The summed E-state index contributed by atoms with van der Waals surface area (Å²) in [6, 6.07) is 0. The quantitative estimate of drug-likeness (QED) is 0.709. The van der Waals surface area contributed by atoms with E-state index < -0.39 is 5.97 Å². The summed E-state index contributed by atoms with van der Waals surface area (Å²) >= 11 is 0. The number of carbonyl (C=O) groups excluding carboxylic acids is 1. The van der Waals surface area contributed by atoms with Crippen molar-refractivity contribution in [3.05, 3.63) is 0 Å². The van der Waals surface area contributed by atoms with Crippen molar-refractivity contribution >= 4 is 11.9 Å². The van der Waals surface area contributed by atoms with Crippen molar-refractivity contribution < 1.29 is 19.2 Å². The van der Waals surface area contributed by atoms with Crippen molar-refractivity contribution in [3.8, 4) is 0 Å². The molecule has 0 radical (unpaired) electrons. The van der Waals surface area contributed by atoms with Gasteiger partial charge in [-0.3, -0.25) is 9.59 Å². The number of carboxylic acid groups (broad SMARTS) is 1. The molecule has 1 aliphatic rings. The van der Waals surface area contributed by atoms with Crippen LogP contribution < -0.4 is 5.73 Å². The van der Waals surface area contributed by atoms with E-state index >= 15 is 0 Å². The number of carboxylic acids is 1. The highest BCUT2D eigenvalue weighted by Gasteiger charge is 2.37. The van der Waals surface area contributed by atoms with Gasteiger partial charge < -0.3 is 15.3 Å². The Morgan fingerprint density at radius 3 is 1.44 bits per heavy atom. The van der Waals surface area contributed by atoms with Gasteiger partial charge in [0.15, 0.2) is 0 Å². The Balaban J connectivity index is 0. The zero-order chi connectivity index (χ0) is 20.2. The predicted molar refractivity (Wildman–Crippen MR) is 105 cm³/mol. The minimum Gasteiger partial charge on any atom is -0.481 e. The van der Waals surface area contributed by atoms with Gasteiger partial charge in [-0.05, 0) is 25.7 Å². The zero-order valence-electron chi connectivity index (χ0n) is 17.8. The summed E-state index contributed by atoms with van der Waals surface area (Å²) in [5, 5.41) is 8.18. The molecule has 0 spiro atoms. The Labute approximate surface area is 155 Å². The third-order valence-corrected chi connectivity index (χ3v) is 5.30. The standard InChI is InChI=1S/C10H22N.C5H11NO.C5H10O2/c1-5-9-7-11(3,4)8-10(9)6-2;2*1-3-4(2)5(6)7/h9-10H,5-8H2,1-4H3;4H,3H2,1-2H3,(H2,6,7);4H,3H2,1-2H3,(H,6,7)/q+1;;. The van der Waals surface area contributed by atoms with E-state index in [1.54, 1.807) is 6.92 Å². The Hall–Kier alpha value is -1.10. The van der Waals surface area contributed by atoms with Crippen molar-refractivity contribution in [2.75, 3.05) is 27.2 Å². The fraction of sp³-hybridized carbons (Fsp3) is 0.900. The minimum absolute atomic E-state index is 0.0417. The molecule has 1 saturated heterocycles. The van der Waals surface area contributed by atoms with E-state index in [-0.39, 0.29) is 17.7 Å². The summed E-state index contributed by atoms with van der Waals surface area (Å²) in [6.45, 7) is 14.8. The molecule has 1 heterocycles. The third-order valence-electron chi connectivity index (χ3n) is 5.30. The average molecular weight is 360 g/mol. The van der Waals surface area contributed by atoms with Gasteiger partial charge in [0.05, 0.1) is 33.1 Å². The molecule has 4 unspecified atom stereocenters. The number of rotatable bonds is 6. The van der Waals surface area contributed by atoms with Crippen LogP contribution in [0, 0.1) is 23.7 Å². The fourth-order valence-corrected chi connectivity index (χ4v) is 2.94. The van der Waals surface area contributed by atoms with Crippen LogP contribution in [0.2, 0.25) is 0 Å². The molecular formula is C20H43N2O3+. The molecule has 25 heavy (non-hydrogen) atoms. The number of amides is 1. The van der Waals surface area contributed by atoms with Gasteiger partial charge in [0.2, 0.25) is 5.91 Å². The molecule has 4 atom stereocenters. The van der Waals surface area contributed by atoms with Crippen LogP contribution in [-0.4, -0.2) is 48.7 Å². The van der Waals surface area contributed by atoms with E-state index in [0.29, 0.717) is 0 Å². The molecule has 0 bridgehead atoms. The van der Waals surface area contributed by atoms with Crippen LogP contribution in [-0.2, 0) is 9.59 Å². The van der Waals surface area contributed by atoms with Crippen LogP contribution in [0.1, 0.15) is 67.2 Å². The first-order valence-electron chi connectivity index (χ1n) is 9.79.